The summed E-state index contributed by atoms with van der Waals surface area (Å²) >= 11 is 0. The highest BCUT2D eigenvalue weighted by atomic mass is 19.4. The molecule has 0 fully saturated rings. The van der Waals surface area contributed by atoms with E-state index in [0.717, 1.165) is 0 Å². The van der Waals surface area contributed by atoms with Crippen LogP contribution in [0.3, 0.4) is 0 Å². The number of hydrogen-bond acceptors (Lipinski definition) is 2. The third-order valence-electron chi connectivity index (χ3n) is 2.59. The Bertz CT molecular complexity index is 558. The van der Waals surface area contributed by atoms with Gasteiger partial charge in [0.2, 0.25) is 6.10 Å². The Morgan fingerprint density at radius 3 is 2.39 bits per heavy atom. The molecule has 1 atom stereocenters. The van der Waals surface area contributed by atoms with E-state index >= 15 is 0 Å². The van der Waals surface area contributed by atoms with E-state index in [2.05, 4.69) is 4.74 Å². The first-order chi connectivity index (χ1) is 8.54. The molecule has 0 aromatic heterocycles. The average Bonchev–Trinajstić information content (AvgIpc) is 2.34. The lowest BCUT2D eigenvalue weighted by Crippen LogP contribution is -2.23. The van der Waals surface area contributed by atoms with E-state index in [1.807, 2.05) is 0 Å². The molecule has 2 nitrogen and oxygen atoms in total. The van der Waals surface area contributed by atoms with Crippen molar-refractivity contribution < 1.29 is 22.7 Å². The molecular weight excluding hydrogens is 245 g/mol. The summed E-state index contributed by atoms with van der Waals surface area (Å²) in [4.78, 5) is 10.2. The maximum atomic E-state index is 12.8. The minimum absolute atomic E-state index is 0.0623. The van der Waals surface area contributed by atoms with Crippen molar-refractivity contribution >= 4 is 17.2 Å². The fourth-order valence-electron chi connectivity index (χ4n) is 1.86. The van der Waals surface area contributed by atoms with Gasteiger partial charge in [-0.3, -0.25) is 4.79 Å². The zero-order valence-electron chi connectivity index (χ0n) is 9.15. The lowest BCUT2D eigenvalue weighted by molar-refractivity contribution is -0.216. The van der Waals surface area contributed by atoms with Crippen molar-refractivity contribution in [2.45, 2.75) is 12.3 Å². The Kier molecular flexibility index (Phi) is 3.23. The first-order valence-corrected chi connectivity index (χ1v) is 5.17. The minimum atomic E-state index is -4.63. The van der Waals surface area contributed by atoms with Crippen LogP contribution >= 0.6 is 0 Å². The van der Waals surface area contributed by atoms with Crippen molar-refractivity contribution in [3.05, 3.63) is 48.0 Å². The molecule has 0 saturated carbocycles. The van der Waals surface area contributed by atoms with Gasteiger partial charge < -0.3 is 4.74 Å². The van der Waals surface area contributed by atoms with Crippen molar-refractivity contribution in [2.24, 2.45) is 0 Å². The number of ether oxygens (including phenoxy) is 1. The van der Waals surface area contributed by atoms with Crippen molar-refractivity contribution in [3.8, 4) is 0 Å². The standard InChI is InChI=1S/C13H9F3O2/c14-13(15,16)12(18-8-17)11-7-3-5-9-4-1-2-6-10(9)11/h1-8,12H. The number of benzene rings is 2. The van der Waals surface area contributed by atoms with E-state index in [0.29, 0.717) is 10.8 Å². The molecule has 2 rings (SSSR count). The van der Waals surface area contributed by atoms with Crippen LogP contribution in [0.2, 0.25) is 0 Å². The second-order valence-electron chi connectivity index (χ2n) is 3.72. The van der Waals surface area contributed by atoms with Gasteiger partial charge in [-0.1, -0.05) is 42.5 Å². The van der Waals surface area contributed by atoms with Gasteiger partial charge in [0.25, 0.3) is 6.47 Å². The summed E-state index contributed by atoms with van der Waals surface area (Å²) in [5.41, 5.74) is -0.0623. The summed E-state index contributed by atoms with van der Waals surface area (Å²) in [5.74, 6) is 0. The van der Waals surface area contributed by atoms with Gasteiger partial charge in [-0.2, -0.15) is 13.2 Å². The third kappa shape index (κ3) is 2.30. The normalized spacial score (nSPS) is 13.3. The molecule has 5 heteroatoms. The first kappa shape index (κ1) is 12.4. The van der Waals surface area contributed by atoms with E-state index in [-0.39, 0.29) is 12.0 Å². The van der Waals surface area contributed by atoms with Gasteiger partial charge in [0.05, 0.1) is 0 Å². The number of fused-ring (bicyclic) bond motifs is 1. The van der Waals surface area contributed by atoms with Crippen LogP contribution in [0.1, 0.15) is 11.7 Å². The molecule has 18 heavy (non-hydrogen) atoms. The lowest BCUT2D eigenvalue weighted by Gasteiger charge is -2.20. The molecule has 0 bridgehead atoms. The molecule has 0 radical (unpaired) electrons. The molecule has 0 spiro atoms. The molecule has 0 saturated heterocycles. The van der Waals surface area contributed by atoms with E-state index in [1.54, 1.807) is 30.3 Å². The minimum Gasteiger partial charge on any atom is -0.450 e. The molecule has 0 amide bonds. The highest BCUT2D eigenvalue weighted by Gasteiger charge is 2.43. The second-order valence-corrected chi connectivity index (χ2v) is 3.72. The Balaban J connectivity index is 2.60. The summed E-state index contributed by atoms with van der Waals surface area (Å²) < 4.78 is 42.7. The Hall–Kier alpha value is -2.04. The van der Waals surface area contributed by atoms with Crippen LogP contribution in [0.15, 0.2) is 42.5 Å². The summed E-state index contributed by atoms with van der Waals surface area (Å²) in [5, 5.41) is 1.09. The van der Waals surface area contributed by atoms with Crippen molar-refractivity contribution in [1.82, 2.24) is 0 Å². The highest BCUT2D eigenvalue weighted by molar-refractivity contribution is 5.86. The Labute approximate surface area is 101 Å². The number of alkyl halides is 3. The maximum absolute atomic E-state index is 12.8. The van der Waals surface area contributed by atoms with Crippen molar-refractivity contribution in [2.75, 3.05) is 0 Å². The summed E-state index contributed by atoms with van der Waals surface area (Å²) in [6, 6.07) is 11.2. The number of halogens is 3. The quantitative estimate of drug-likeness (QED) is 0.782. The van der Waals surface area contributed by atoms with Crippen molar-refractivity contribution in [1.29, 1.82) is 0 Å². The van der Waals surface area contributed by atoms with E-state index in [1.165, 1.54) is 12.1 Å². The first-order valence-electron chi connectivity index (χ1n) is 5.17. The van der Waals surface area contributed by atoms with E-state index in [4.69, 9.17) is 0 Å². The monoisotopic (exact) mass is 254 g/mol. The zero-order valence-corrected chi connectivity index (χ0v) is 9.15. The fraction of sp³-hybridized carbons (Fsp3) is 0.154. The van der Waals surface area contributed by atoms with Gasteiger partial charge >= 0.3 is 6.18 Å². The van der Waals surface area contributed by atoms with Gasteiger partial charge in [0.1, 0.15) is 0 Å². The van der Waals surface area contributed by atoms with Crippen LogP contribution < -0.4 is 0 Å². The fourth-order valence-corrected chi connectivity index (χ4v) is 1.86. The Morgan fingerprint density at radius 2 is 1.72 bits per heavy atom. The maximum Gasteiger partial charge on any atom is 0.429 e. The molecule has 0 aliphatic rings. The van der Waals surface area contributed by atoms with Gasteiger partial charge in [-0.05, 0) is 10.8 Å². The number of carbonyl (C=O) groups is 1. The van der Waals surface area contributed by atoms with Gasteiger partial charge in [-0.25, -0.2) is 0 Å². The van der Waals surface area contributed by atoms with Gasteiger partial charge in [0.15, 0.2) is 0 Å². The van der Waals surface area contributed by atoms with E-state index < -0.39 is 12.3 Å². The Morgan fingerprint density at radius 1 is 1.06 bits per heavy atom. The van der Waals surface area contributed by atoms with Crippen molar-refractivity contribution in [3.63, 3.8) is 0 Å². The summed E-state index contributed by atoms with van der Waals surface area (Å²) in [6.45, 7) is -0.181. The second kappa shape index (κ2) is 4.68. The van der Waals surface area contributed by atoms with Crippen LogP contribution in [-0.2, 0) is 9.53 Å². The van der Waals surface area contributed by atoms with Crippen LogP contribution in [0.5, 0.6) is 0 Å². The van der Waals surface area contributed by atoms with E-state index in [9.17, 15) is 18.0 Å². The van der Waals surface area contributed by atoms with Crippen LogP contribution in [0.25, 0.3) is 10.8 Å². The van der Waals surface area contributed by atoms with Gasteiger partial charge in [-0.15, -0.1) is 0 Å². The van der Waals surface area contributed by atoms with Crippen LogP contribution in [0, 0.1) is 0 Å². The molecular formula is C13H9F3O2. The summed E-state index contributed by atoms with van der Waals surface area (Å²) in [6.07, 6.45) is -6.87. The topological polar surface area (TPSA) is 26.3 Å². The largest absolute Gasteiger partial charge is 0.450 e. The van der Waals surface area contributed by atoms with Crippen LogP contribution in [0.4, 0.5) is 13.2 Å². The molecule has 1 unspecified atom stereocenters. The SMILES string of the molecule is O=COC(c1cccc2ccccc12)C(F)(F)F. The molecule has 0 aliphatic heterocycles. The molecule has 0 aliphatic carbocycles. The summed E-state index contributed by atoms with van der Waals surface area (Å²) in [7, 11) is 0. The third-order valence-corrected chi connectivity index (χ3v) is 2.59. The smallest absolute Gasteiger partial charge is 0.429 e. The molecule has 2 aromatic rings. The average molecular weight is 254 g/mol. The number of hydrogen-bond donors (Lipinski definition) is 0. The molecule has 0 heterocycles. The molecule has 0 N–H and O–H groups in total. The number of carbonyl (C=O) groups excluding carboxylic acids is 1. The number of rotatable bonds is 3. The van der Waals surface area contributed by atoms with Gasteiger partial charge in [0, 0.05) is 5.56 Å². The molecule has 94 valence electrons. The highest BCUT2D eigenvalue weighted by Crippen LogP contribution is 2.38. The van der Waals surface area contributed by atoms with Crippen LogP contribution in [-0.4, -0.2) is 12.6 Å². The molecule has 2 aromatic carbocycles. The zero-order chi connectivity index (χ0) is 13.2. The lowest BCUT2D eigenvalue weighted by atomic mass is 10.00. The predicted molar refractivity (Wildman–Crippen MR) is 59.9 cm³/mol. The predicted octanol–water partition coefficient (Wildman–Crippen LogP) is 3.62.